The average molecular weight is 646 g/mol. The fourth-order valence-corrected chi connectivity index (χ4v) is 18.4. The number of hydrogen-bond acceptors (Lipinski definition) is 7. The highest BCUT2D eigenvalue weighted by Crippen LogP contribution is 2.48. The number of carbonyl (C=O) groups is 1. The van der Waals surface area contributed by atoms with E-state index in [4.69, 9.17) is 18.3 Å². The van der Waals surface area contributed by atoms with Crippen LogP contribution in [-0.4, -0.2) is 89.4 Å². The molecule has 1 amide bonds. The van der Waals surface area contributed by atoms with Gasteiger partial charge in [-0.15, -0.1) is 0 Å². The number of rotatable bonds is 16. The van der Waals surface area contributed by atoms with Crippen molar-refractivity contribution in [3.63, 3.8) is 0 Å². The number of ether oxygens (including phenoxy) is 2. The molecule has 0 saturated carbocycles. The van der Waals surface area contributed by atoms with Gasteiger partial charge in [0.15, 0.2) is 6.29 Å². The highest BCUT2D eigenvalue weighted by Gasteiger charge is 2.57. The minimum absolute atomic E-state index is 0.0374. The minimum atomic E-state index is -4.96. The topological polar surface area (TPSA) is 106 Å². The Morgan fingerprint density at radius 2 is 1.21 bits per heavy atom. The molecule has 0 bridgehead atoms. The Morgan fingerprint density at radius 1 is 0.810 bits per heavy atom. The molecule has 1 aliphatic heterocycles. The first kappa shape index (κ1) is 39.5. The van der Waals surface area contributed by atoms with Crippen molar-refractivity contribution < 1.29 is 46.5 Å². The van der Waals surface area contributed by atoms with E-state index in [1.165, 1.54) is 0 Å². The standard InChI is InChI=1S/C29H58F3NO7Si2/c1-17(2)41(18(3)4,19(5)6)39-25-24(35)23(16-34)38-27(37-15-13-14-33-28(36)29(30,31)32)26(25)40-42(20(7)8,21(9)10)22(11)12/h17-27,34-35H,13-16H2,1-12H3,(H,33,36)/t23?,24-,25?,26?,27+/m0/s1. The number of carbonyl (C=O) groups excluding carboxylic acids is 1. The molecule has 0 aromatic heterocycles. The number of aliphatic hydroxyl groups excluding tert-OH is 2. The van der Waals surface area contributed by atoms with Crippen LogP contribution in [0.2, 0.25) is 33.2 Å². The number of nitrogens with one attached hydrogen (secondary N) is 1. The van der Waals surface area contributed by atoms with Gasteiger partial charge in [0.1, 0.15) is 24.4 Å². The maximum Gasteiger partial charge on any atom is 0.471 e. The fraction of sp³-hybridized carbons (Fsp3) is 0.966. The van der Waals surface area contributed by atoms with Crippen LogP contribution in [0, 0.1) is 0 Å². The van der Waals surface area contributed by atoms with Gasteiger partial charge in [0.2, 0.25) is 16.6 Å². The molecule has 1 heterocycles. The lowest BCUT2D eigenvalue weighted by molar-refractivity contribution is -0.295. The zero-order valence-electron chi connectivity index (χ0n) is 27.7. The molecule has 1 fully saturated rings. The third-order valence-electron chi connectivity index (χ3n) is 9.04. The first-order valence-electron chi connectivity index (χ1n) is 15.5. The van der Waals surface area contributed by atoms with Crippen LogP contribution >= 0.6 is 0 Å². The molecule has 1 aliphatic rings. The number of hydrogen-bond donors (Lipinski definition) is 3. The Kier molecular flexibility index (Phi) is 15.2. The number of alkyl halides is 3. The van der Waals surface area contributed by atoms with E-state index >= 15 is 0 Å². The molecule has 1 saturated heterocycles. The zero-order chi connectivity index (χ0) is 32.8. The molecule has 5 atom stereocenters. The van der Waals surface area contributed by atoms with Gasteiger partial charge in [0.25, 0.3) is 0 Å². The first-order chi connectivity index (χ1) is 19.2. The molecule has 3 N–H and O–H groups in total. The predicted molar refractivity (Wildman–Crippen MR) is 163 cm³/mol. The van der Waals surface area contributed by atoms with Gasteiger partial charge in [-0.05, 0) is 39.7 Å². The summed E-state index contributed by atoms with van der Waals surface area (Å²) in [5, 5.41) is 23.7. The second-order valence-corrected chi connectivity index (χ2v) is 24.3. The Bertz CT molecular complexity index is 784. The SMILES string of the molecule is CC(C)[Si](OC1C(O[Si](C(C)C)(C(C)C)C(C)C)[C@@H](O)C(CO)O[C@H]1OCCCNC(=O)C(F)(F)F)(C(C)C)C(C)C. The fourth-order valence-electron chi connectivity index (χ4n) is 7.30. The van der Waals surface area contributed by atoms with Crippen LogP contribution in [0.3, 0.4) is 0 Å². The summed E-state index contributed by atoms with van der Waals surface area (Å²) < 4.78 is 64.3. The van der Waals surface area contributed by atoms with Gasteiger partial charge in [-0.25, -0.2) is 0 Å². The van der Waals surface area contributed by atoms with Crippen molar-refractivity contribution in [2.75, 3.05) is 19.8 Å². The summed E-state index contributed by atoms with van der Waals surface area (Å²) in [7, 11) is -5.16. The van der Waals surface area contributed by atoms with E-state index in [0.717, 1.165) is 0 Å². The quantitative estimate of drug-likeness (QED) is 0.134. The monoisotopic (exact) mass is 645 g/mol. The summed E-state index contributed by atoms with van der Waals surface area (Å²) in [6, 6.07) is 0. The lowest BCUT2D eigenvalue weighted by Crippen LogP contribution is -2.67. The second kappa shape index (κ2) is 16.1. The van der Waals surface area contributed by atoms with Gasteiger partial charge >= 0.3 is 12.1 Å². The Morgan fingerprint density at radius 3 is 1.57 bits per heavy atom. The molecule has 3 unspecified atom stereocenters. The minimum Gasteiger partial charge on any atom is -0.408 e. The van der Waals surface area contributed by atoms with Crippen molar-refractivity contribution in [3.05, 3.63) is 0 Å². The Hall–Kier alpha value is -0.546. The van der Waals surface area contributed by atoms with E-state index in [1.54, 1.807) is 0 Å². The van der Waals surface area contributed by atoms with Crippen molar-refractivity contribution in [3.8, 4) is 0 Å². The third kappa shape index (κ3) is 8.79. The van der Waals surface area contributed by atoms with Crippen LogP contribution in [0.25, 0.3) is 0 Å². The highest BCUT2D eigenvalue weighted by atomic mass is 28.4. The molecule has 250 valence electrons. The van der Waals surface area contributed by atoms with Gasteiger partial charge in [0, 0.05) is 6.54 Å². The second-order valence-electron chi connectivity index (χ2n) is 13.5. The molecule has 42 heavy (non-hydrogen) atoms. The number of aliphatic hydroxyl groups is 2. The van der Waals surface area contributed by atoms with Gasteiger partial charge in [0.05, 0.1) is 13.2 Å². The molecule has 0 radical (unpaired) electrons. The van der Waals surface area contributed by atoms with Crippen LogP contribution < -0.4 is 5.32 Å². The summed E-state index contributed by atoms with van der Waals surface area (Å²) in [5.41, 5.74) is 1.23. The molecule has 13 heteroatoms. The van der Waals surface area contributed by atoms with E-state index < -0.39 is 66.0 Å². The van der Waals surface area contributed by atoms with E-state index in [9.17, 15) is 28.2 Å². The Balaban J connectivity index is 3.57. The predicted octanol–water partition coefficient (Wildman–Crippen LogP) is 6.27. The summed E-state index contributed by atoms with van der Waals surface area (Å²) in [6.45, 7) is 25.0. The first-order valence-corrected chi connectivity index (χ1v) is 19.8. The largest absolute Gasteiger partial charge is 0.471 e. The van der Waals surface area contributed by atoms with Crippen molar-refractivity contribution >= 4 is 22.5 Å². The van der Waals surface area contributed by atoms with Crippen LogP contribution in [0.4, 0.5) is 13.2 Å². The van der Waals surface area contributed by atoms with Crippen molar-refractivity contribution in [1.29, 1.82) is 0 Å². The van der Waals surface area contributed by atoms with E-state index in [1.807, 2.05) is 5.32 Å². The van der Waals surface area contributed by atoms with Gasteiger partial charge in [-0.3, -0.25) is 4.79 Å². The maximum atomic E-state index is 12.6. The maximum absolute atomic E-state index is 12.6. The normalized spacial score (nSPS) is 24.6. The van der Waals surface area contributed by atoms with E-state index in [0.29, 0.717) is 0 Å². The molecule has 8 nitrogen and oxygen atoms in total. The summed E-state index contributed by atoms with van der Waals surface area (Å²) in [4.78, 5) is 11.2. The van der Waals surface area contributed by atoms with E-state index in [2.05, 4.69) is 83.1 Å². The summed E-state index contributed by atoms with van der Waals surface area (Å²) >= 11 is 0. The van der Waals surface area contributed by atoms with Crippen molar-refractivity contribution in [2.24, 2.45) is 0 Å². The lowest BCUT2D eigenvalue weighted by Gasteiger charge is -2.54. The molecule has 0 aromatic carbocycles. The Labute approximate surface area is 253 Å². The van der Waals surface area contributed by atoms with Crippen LogP contribution in [0.1, 0.15) is 89.5 Å². The zero-order valence-corrected chi connectivity index (χ0v) is 29.7. The summed E-state index contributed by atoms with van der Waals surface area (Å²) in [6.07, 6.45) is -9.80. The average Bonchev–Trinajstić information content (AvgIpc) is 2.85. The molecule has 0 aromatic rings. The number of halogens is 3. The lowest BCUT2D eigenvalue weighted by atomic mass is 9.99. The highest BCUT2D eigenvalue weighted by molar-refractivity contribution is 6.78. The van der Waals surface area contributed by atoms with Crippen LogP contribution in [-0.2, 0) is 23.1 Å². The van der Waals surface area contributed by atoms with Gasteiger partial charge in [-0.1, -0.05) is 83.1 Å². The summed E-state index contributed by atoms with van der Waals surface area (Å²) in [5.74, 6) is -2.01. The molecule has 0 aliphatic carbocycles. The third-order valence-corrected chi connectivity index (χ3v) is 21.2. The smallest absolute Gasteiger partial charge is 0.408 e. The van der Waals surface area contributed by atoms with Crippen molar-refractivity contribution in [1.82, 2.24) is 5.32 Å². The molecular formula is C29H58F3NO7Si2. The molecule has 1 rings (SSSR count). The molecule has 0 spiro atoms. The molecular weight excluding hydrogens is 587 g/mol. The van der Waals surface area contributed by atoms with Crippen LogP contribution in [0.15, 0.2) is 0 Å². The van der Waals surface area contributed by atoms with Gasteiger partial charge < -0.3 is 33.9 Å². The number of amides is 1. The van der Waals surface area contributed by atoms with Gasteiger partial charge in [-0.2, -0.15) is 13.2 Å². The van der Waals surface area contributed by atoms with E-state index in [-0.39, 0.29) is 52.8 Å². The van der Waals surface area contributed by atoms with Crippen molar-refractivity contribution in [2.45, 2.75) is 160 Å². The van der Waals surface area contributed by atoms with Crippen LogP contribution in [0.5, 0.6) is 0 Å².